The molecule has 1 aromatic heterocycles. The highest BCUT2D eigenvalue weighted by molar-refractivity contribution is 5.93. The number of hydrogen-bond acceptors (Lipinski definition) is 4. The van der Waals surface area contributed by atoms with Crippen LogP contribution >= 0.6 is 0 Å². The molecule has 3 rings (SSSR count). The van der Waals surface area contributed by atoms with E-state index in [1.165, 1.54) is 12.8 Å². The predicted molar refractivity (Wildman–Crippen MR) is 68.4 cm³/mol. The second-order valence-corrected chi connectivity index (χ2v) is 5.12. The van der Waals surface area contributed by atoms with E-state index in [9.17, 15) is 4.79 Å². The van der Waals surface area contributed by atoms with Gasteiger partial charge in [-0.05, 0) is 19.8 Å². The van der Waals surface area contributed by atoms with Crippen molar-refractivity contribution >= 4 is 11.7 Å². The Hall–Kier alpha value is -1.40. The number of nitrogens with zero attached hydrogens (tertiary/aromatic N) is 2. The summed E-state index contributed by atoms with van der Waals surface area (Å²) in [5.41, 5.74) is 0. The Labute approximate surface area is 106 Å². The van der Waals surface area contributed by atoms with Crippen molar-refractivity contribution in [1.82, 2.24) is 20.4 Å². The number of hydrogen-bond donors (Lipinski definition) is 3. The lowest BCUT2D eigenvalue weighted by molar-refractivity contribution is -0.117. The number of aromatic nitrogens is 2. The van der Waals surface area contributed by atoms with Gasteiger partial charge in [-0.2, -0.15) is 5.10 Å². The Balaban J connectivity index is 1.60. The summed E-state index contributed by atoms with van der Waals surface area (Å²) in [5.74, 6) is 0.798. The molecule has 1 aromatic rings. The summed E-state index contributed by atoms with van der Waals surface area (Å²) in [5, 5.41) is 13.7. The lowest BCUT2D eigenvalue weighted by Gasteiger charge is -2.29. The Morgan fingerprint density at radius 2 is 2.33 bits per heavy atom. The van der Waals surface area contributed by atoms with E-state index < -0.39 is 0 Å². The number of amides is 1. The van der Waals surface area contributed by atoms with Gasteiger partial charge in [0.1, 0.15) is 5.82 Å². The third-order valence-electron chi connectivity index (χ3n) is 3.48. The summed E-state index contributed by atoms with van der Waals surface area (Å²) in [4.78, 5) is 12.0. The van der Waals surface area contributed by atoms with E-state index in [1.54, 1.807) is 6.20 Å². The fraction of sp³-hybridized carbons (Fsp3) is 0.667. The molecule has 2 aliphatic rings. The van der Waals surface area contributed by atoms with Crippen LogP contribution in [0.15, 0.2) is 12.3 Å². The van der Waals surface area contributed by atoms with Gasteiger partial charge >= 0.3 is 0 Å². The van der Waals surface area contributed by atoms with Crippen LogP contribution in [-0.4, -0.2) is 40.9 Å². The van der Waals surface area contributed by atoms with Gasteiger partial charge in [0.15, 0.2) is 0 Å². The molecule has 98 valence electrons. The van der Waals surface area contributed by atoms with Gasteiger partial charge in [0.05, 0.1) is 18.3 Å². The van der Waals surface area contributed by atoms with Crippen molar-refractivity contribution < 1.29 is 4.79 Å². The van der Waals surface area contributed by atoms with E-state index in [1.807, 2.05) is 17.7 Å². The molecular formula is C12H19N5O. The molecule has 1 saturated carbocycles. The summed E-state index contributed by atoms with van der Waals surface area (Å²) in [6.07, 6.45) is 4.10. The third kappa shape index (κ3) is 2.39. The van der Waals surface area contributed by atoms with E-state index in [-0.39, 0.29) is 11.9 Å². The SMILES string of the molecule is CC(NC1CC1)C(=O)Nc1ccnn1C1CNC1. The molecule has 0 radical (unpaired) electrons. The highest BCUT2D eigenvalue weighted by atomic mass is 16.2. The fourth-order valence-electron chi connectivity index (χ4n) is 2.06. The van der Waals surface area contributed by atoms with Crippen LogP contribution in [0.2, 0.25) is 0 Å². The van der Waals surface area contributed by atoms with E-state index >= 15 is 0 Å². The number of nitrogens with one attached hydrogen (secondary N) is 3. The van der Waals surface area contributed by atoms with Crippen molar-refractivity contribution in [2.45, 2.75) is 37.9 Å². The van der Waals surface area contributed by atoms with Crippen molar-refractivity contribution in [3.8, 4) is 0 Å². The molecule has 2 heterocycles. The topological polar surface area (TPSA) is 71.0 Å². The summed E-state index contributed by atoms with van der Waals surface area (Å²) < 4.78 is 1.89. The standard InChI is InChI=1S/C12H19N5O/c1-8(15-9-2-3-9)12(18)16-11-4-5-14-17(11)10-6-13-7-10/h4-5,8-10,13,15H,2-3,6-7H2,1H3,(H,16,18). The first-order valence-electron chi connectivity index (χ1n) is 6.55. The molecule has 18 heavy (non-hydrogen) atoms. The molecule has 1 atom stereocenters. The maximum Gasteiger partial charge on any atom is 0.242 e. The monoisotopic (exact) mass is 249 g/mol. The Morgan fingerprint density at radius 1 is 1.56 bits per heavy atom. The van der Waals surface area contributed by atoms with Crippen LogP contribution in [0, 0.1) is 0 Å². The zero-order chi connectivity index (χ0) is 12.5. The quantitative estimate of drug-likeness (QED) is 0.692. The van der Waals surface area contributed by atoms with Gasteiger partial charge in [-0.25, -0.2) is 4.68 Å². The molecular weight excluding hydrogens is 230 g/mol. The Morgan fingerprint density at radius 3 is 2.94 bits per heavy atom. The lowest BCUT2D eigenvalue weighted by atomic mass is 10.2. The molecule has 3 N–H and O–H groups in total. The first-order chi connectivity index (χ1) is 8.74. The minimum Gasteiger partial charge on any atom is -0.312 e. The first kappa shape index (κ1) is 11.7. The van der Waals surface area contributed by atoms with Crippen LogP contribution in [0.25, 0.3) is 0 Å². The number of carbonyl (C=O) groups is 1. The van der Waals surface area contributed by atoms with E-state index in [0.717, 1.165) is 18.9 Å². The van der Waals surface area contributed by atoms with Crippen molar-refractivity contribution in [1.29, 1.82) is 0 Å². The smallest absolute Gasteiger partial charge is 0.242 e. The molecule has 1 aliphatic heterocycles. The van der Waals surface area contributed by atoms with E-state index in [0.29, 0.717) is 12.1 Å². The average Bonchev–Trinajstić information content (AvgIpc) is 2.98. The molecule has 1 aliphatic carbocycles. The molecule has 1 saturated heterocycles. The lowest BCUT2D eigenvalue weighted by Crippen LogP contribution is -2.45. The summed E-state index contributed by atoms with van der Waals surface area (Å²) in [6, 6.07) is 2.59. The molecule has 2 fully saturated rings. The van der Waals surface area contributed by atoms with Gasteiger partial charge in [-0.1, -0.05) is 0 Å². The number of rotatable bonds is 5. The maximum absolute atomic E-state index is 12.0. The molecule has 0 spiro atoms. The van der Waals surface area contributed by atoms with E-state index in [4.69, 9.17) is 0 Å². The van der Waals surface area contributed by atoms with Gasteiger partial charge in [-0.15, -0.1) is 0 Å². The zero-order valence-electron chi connectivity index (χ0n) is 10.5. The van der Waals surface area contributed by atoms with Crippen LogP contribution in [0.4, 0.5) is 5.82 Å². The number of anilines is 1. The molecule has 0 bridgehead atoms. The van der Waals surface area contributed by atoms with Crippen molar-refractivity contribution in [2.75, 3.05) is 18.4 Å². The minimum atomic E-state index is -0.152. The zero-order valence-corrected chi connectivity index (χ0v) is 10.5. The Bertz CT molecular complexity index is 435. The number of carbonyl (C=O) groups excluding carboxylic acids is 1. The predicted octanol–water partition coefficient (Wildman–Crippen LogP) is 0.106. The van der Waals surface area contributed by atoms with Crippen molar-refractivity contribution in [3.05, 3.63) is 12.3 Å². The summed E-state index contributed by atoms with van der Waals surface area (Å²) >= 11 is 0. The van der Waals surface area contributed by atoms with Gasteiger partial charge in [0.25, 0.3) is 0 Å². The molecule has 6 nitrogen and oxygen atoms in total. The second kappa shape index (κ2) is 4.70. The normalized spacial score (nSPS) is 21.4. The average molecular weight is 249 g/mol. The van der Waals surface area contributed by atoms with Gasteiger partial charge in [0.2, 0.25) is 5.91 Å². The minimum absolute atomic E-state index is 0.0101. The van der Waals surface area contributed by atoms with Crippen LogP contribution in [0.5, 0.6) is 0 Å². The third-order valence-corrected chi connectivity index (χ3v) is 3.48. The van der Waals surface area contributed by atoms with Gasteiger partial charge < -0.3 is 16.0 Å². The largest absolute Gasteiger partial charge is 0.312 e. The van der Waals surface area contributed by atoms with E-state index in [2.05, 4.69) is 21.0 Å². The molecule has 1 amide bonds. The molecule has 6 heteroatoms. The van der Waals surface area contributed by atoms with Crippen molar-refractivity contribution in [3.63, 3.8) is 0 Å². The van der Waals surface area contributed by atoms with Crippen molar-refractivity contribution in [2.24, 2.45) is 0 Å². The Kier molecular flexibility index (Phi) is 3.05. The van der Waals surface area contributed by atoms with Crippen LogP contribution in [0.3, 0.4) is 0 Å². The highest BCUT2D eigenvalue weighted by Gasteiger charge is 2.27. The second-order valence-electron chi connectivity index (χ2n) is 5.12. The summed E-state index contributed by atoms with van der Waals surface area (Å²) in [7, 11) is 0. The summed E-state index contributed by atoms with van der Waals surface area (Å²) in [6.45, 7) is 3.74. The maximum atomic E-state index is 12.0. The van der Waals surface area contributed by atoms with Crippen LogP contribution in [0.1, 0.15) is 25.8 Å². The van der Waals surface area contributed by atoms with Gasteiger partial charge in [0, 0.05) is 25.2 Å². The first-order valence-corrected chi connectivity index (χ1v) is 6.55. The molecule has 0 aromatic carbocycles. The fourth-order valence-corrected chi connectivity index (χ4v) is 2.06. The van der Waals surface area contributed by atoms with Crippen LogP contribution in [-0.2, 0) is 4.79 Å². The highest BCUT2D eigenvalue weighted by Crippen LogP contribution is 2.20. The van der Waals surface area contributed by atoms with Gasteiger partial charge in [-0.3, -0.25) is 4.79 Å². The van der Waals surface area contributed by atoms with Crippen LogP contribution < -0.4 is 16.0 Å². The molecule has 1 unspecified atom stereocenters.